The first-order chi connectivity index (χ1) is 8.39. The molecule has 0 amide bonds. The van der Waals surface area contributed by atoms with Crippen LogP contribution in [0.5, 0.6) is 5.75 Å². The molecule has 0 aromatic heterocycles. The minimum Gasteiger partial charge on any atom is -0.424 e. The summed E-state index contributed by atoms with van der Waals surface area (Å²) in [5, 5.41) is 10.5. The van der Waals surface area contributed by atoms with Gasteiger partial charge in [-0.2, -0.15) is 0 Å². The third-order valence-electron chi connectivity index (χ3n) is 2.22. The molecule has 0 bridgehead atoms. The number of nitro groups is 1. The Labute approximate surface area is 106 Å². The van der Waals surface area contributed by atoms with Gasteiger partial charge in [0.05, 0.1) is 17.2 Å². The van der Waals surface area contributed by atoms with Crippen LogP contribution >= 0.6 is 7.60 Å². The first kappa shape index (κ1) is 14.7. The lowest BCUT2D eigenvalue weighted by molar-refractivity contribution is -0.384. The number of benzene rings is 1. The molecular formula is C11H16NO5P. The molecule has 1 aromatic carbocycles. The molecule has 1 aromatic rings. The Morgan fingerprint density at radius 2 is 1.89 bits per heavy atom. The van der Waals surface area contributed by atoms with Gasteiger partial charge >= 0.3 is 7.60 Å². The SMILES string of the molecule is CCOP(=O)(Oc1ccc([N+](=O)[O-])cc1)C(C)C. The number of hydrogen-bond acceptors (Lipinski definition) is 5. The molecule has 7 heteroatoms. The van der Waals surface area contributed by atoms with Crippen molar-refractivity contribution in [2.24, 2.45) is 0 Å². The van der Waals surface area contributed by atoms with E-state index < -0.39 is 12.5 Å². The van der Waals surface area contributed by atoms with Crippen LogP contribution in [0.1, 0.15) is 20.8 Å². The van der Waals surface area contributed by atoms with Crippen molar-refractivity contribution in [1.82, 2.24) is 0 Å². The zero-order chi connectivity index (χ0) is 13.8. The molecule has 1 rings (SSSR count). The van der Waals surface area contributed by atoms with E-state index in [2.05, 4.69) is 0 Å². The average molecular weight is 273 g/mol. The van der Waals surface area contributed by atoms with E-state index in [1.165, 1.54) is 24.3 Å². The maximum Gasteiger partial charge on any atom is 0.381 e. The molecule has 0 fully saturated rings. The molecule has 0 heterocycles. The maximum absolute atomic E-state index is 12.3. The van der Waals surface area contributed by atoms with Crippen LogP contribution in [0.25, 0.3) is 0 Å². The molecule has 1 atom stereocenters. The fourth-order valence-electron chi connectivity index (χ4n) is 1.24. The Hall–Kier alpha value is -1.39. The van der Waals surface area contributed by atoms with Crippen LogP contribution in [0.15, 0.2) is 24.3 Å². The summed E-state index contributed by atoms with van der Waals surface area (Å²) in [5.74, 6) is 0.297. The second-order valence-corrected chi connectivity index (χ2v) is 6.45. The van der Waals surface area contributed by atoms with E-state index in [4.69, 9.17) is 9.05 Å². The molecule has 0 saturated carbocycles. The van der Waals surface area contributed by atoms with Gasteiger partial charge in [0, 0.05) is 12.1 Å². The van der Waals surface area contributed by atoms with Crippen molar-refractivity contribution in [3.8, 4) is 5.75 Å². The monoisotopic (exact) mass is 273 g/mol. The summed E-state index contributed by atoms with van der Waals surface area (Å²) in [6.45, 7) is 5.49. The Morgan fingerprint density at radius 3 is 2.28 bits per heavy atom. The molecule has 0 spiro atoms. The quantitative estimate of drug-likeness (QED) is 0.449. The van der Waals surface area contributed by atoms with Crippen LogP contribution in [-0.2, 0) is 9.09 Å². The van der Waals surface area contributed by atoms with Crippen molar-refractivity contribution >= 4 is 13.3 Å². The third-order valence-corrected chi connectivity index (χ3v) is 4.57. The fraction of sp³-hybridized carbons (Fsp3) is 0.455. The van der Waals surface area contributed by atoms with E-state index in [0.29, 0.717) is 5.75 Å². The first-order valence-corrected chi connectivity index (χ1v) is 7.18. The summed E-state index contributed by atoms with van der Waals surface area (Å²) in [7, 11) is -3.22. The van der Waals surface area contributed by atoms with Crippen molar-refractivity contribution in [3.63, 3.8) is 0 Å². The molecule has 0 saturated heterocycles. The van der Waals surface area contributed by atoms with Gasteiger partial charge in [0.2, 0.25) is 0 Å². The van der Waals surface area contributed by atoms with Gasteiger partial charge < -0.3 is 4.52 Å². The lowest BCUT2D eigenvalue weighted by atomic mass is 10.3. The van der Waals surface area contributed by atoms with Crippen LogP contribution < -0.4 is 4.52 Å². The van der Waals surface area contributed by atoms with Gasteiger partial charge in [0.25, 0.3) is 5.69 Å². The number of rotatable bonds is 6. The van der Waals surface area contributed by atoms with E-state index >= 15 is 0 Å². The van der Waals surface area contributed by atoms with E-state index in [9.17, 15) is 14.7 Å². The maximum atomic E-state index is 12.3. The lowest BCUT2D eigenvalue weighted by Crippen LogP contribution is -2.08. The Morgan fingerprint density at radius 1 is 1.33 bits per heavy atom. The highest BCUT2D eigenvalue weighted by Crippen LogP contribution is 2.52. The van der Waals surface area contributed by atoms with Gasteiger partial charge in [-0.05, 0) is 19.1 Å². The molecule has 0 N–H and O–H groups in total. The molecule has 0 aliphatic heterocycles. The minimum absolute atomic E-state index is 0.0434. The van der Waals surface area contributed by atoms with E-state index in [1.807, 2.05) is 0 Å². The van der Waals surface area contributed by atoms with Gasteiger partial charge in [0.15, 0.2) is 0 Å². The highest BCUT2D eigenvalue weighted by Gasteiger charge is 2.30. The van der Waals surface area contributed by atoms with Crippen molar-refractivity contribution in [3.05, 3.63) is 34.4 Å². The molecule has 6 nitrogen and oxygen atoms in total. The highest BCUT2D eigenvalue weighted by molar-refractivity contribution is 7.55. The predicted octanol–water partition coefficient (Wildman–Crippen LogP) is 3.61. The first-order valence-electron chi connectivity index (χ1n) is 5.57. The summed E-state index contributed by atoms with van der Waals surface area (Å²) in [6.07, 6.45) is 0. The van der Waals surface area contributed by atoms with Crippen molar-refractivity contribution in [2.75, 3.05) is 6.61 Å². The van der Waals surface area contributed by atoms with Crippen LogP contribution in [0.4, 0.5) is 5.69 Å². The van der Waals surface area contributed by atoms with Crippen LogP contribution in [-0.4, -0.2) is 17.2 Å². The standard InChI is InChI=1S/C11H16NO5P/c1-4-16-18(15,9(2)3)17-11-7-5-10(6-8-11)12(13)14/h5-9H,4H2,1-3H3. The summed E-state index contributed by atoms with van der Waals surface area (Å²) in [4.78, 5) is 9.99. The van der Waals surface area contributed by atoms with Crippen molar-refractivity contribution in [1.29, 1.82) is 0 Å². The van der Waals surface area contributed by atoms with Gasteiger partial charge in [-0.1, -0.05) is 13.8 Å². The van der Waals surface area contributed by atoms with Crippen LogP contribution in [0.3, 0.4) is 0 Å². The largest absolute Gasteiger partial charge is 0.424 e. The zero-order valence-corrected chi connectivity index (χ0v) is 11.4. The van der Waals surface area contributed by atoms with Crippen LogP contribution in [0, 0.1) is 10.1 Å². The average Bonchev–Trinajstić information content (AvgIpc) is 2.29. The molecular weight excluding hydrogens is 257 g/mol. The predicted molar refractivity (Wildman–Crippen MR) is 68.1 cm³/mol. The second kappa shape index (κ2) is 5.98. The minimum atomic E-state index is -3.22. The molecule has 0 aliphatic carbocycles. The Balaban J connectivity index is 2.88. The number of hydrogen-bond donors (Lipinski definition) is 0. The summed E-state index contributed by atoms with van der Waals surface area (Å²) in [6, 6.07) is 5.41. The highest BCUT2D eigenvalue weighted by atomic mass is 31.2. The summed E-state index contributed by atoms with van der Waals surface area (Å²) >= 11 is 0. The zero-order valence-electron chi connectivity index (χ0n) is 10.5. The number of nitro benzene ring substituents is 1. The molecule has 0 radical (unpaired) electrons. The van der Waals surface area contributed by atoms with Gasteiger partial charge in [-0.3, -0.25) is 14.6 Å². The molecule has 0 aliphatic rings. The smallest absolute Gasteiger partial charge is 0.381 e. The second-order valence-electron chi connectivity index (χ2n) is 3.89. The van der Waals surface area contributed by atoms with Gasteiger partial charge in [-0.15, -0.1) is 0 Å². The third kappa shape index (κ3) is 3.55. The Bertz CT molecular complexity index is 457. The van der Waals surface area contributed by atoms with E-state index in [1.54, 1.807) is 20.8 Å². The molecule has 1 unspecified atom stereocenters. The normalized spacial score (nSPS) is 14.2. The van der Waals surface area contributed by atoms with E-state index in [0.717, 1.165) is 0 Å². The molecule has 100 valence electrons. The van der Waals surface area contributed by atoms with Crippen molar-refractivity contribution in [2.45, 2.75) is 26.4 Å². The lowest BCUT2D eigenvalue weighted by Gasteiger charge is -2.21. The number of non-ortho nitro benzene ring substituents is 1. The van der Waals surface area contributed by atoms with Gasteiger partial charge in [0.1, 0.15) is 5.75 Å². The van der Waals surface area contributed by atoms with E-state index in [-0.39, 0.29) is 18.0 Å². The van der Waals surface area contributed by atoms with Gasteiger partial charge in [-0.25, -0.2) is 4.57 Å². The number of nitrogens with zero attached hydrogens (tertiary/aromatic N) is 1. The molecule has 18 heavy (non-hydrogen) atoms. The Kier molecular flexibility index (Phi) is 4.87. The fourth-order valence-corrected chi connectivity index (χ4v) is 2.57. The summed E-state index contributed by atoms with van der Waals surface area (Å²) < 4.78 is 22.8. The topological polar surface area (TPSA) is 78.7 Å². The summed E-state index contributed by atoms with van der Waals surface area (Å²) in [5.41, 5.74) is -0.328. The van der Waals surface area contributed by atoms with Crippen LogP contribution in [0.2, 0.25) is 0 Å². The van der Waals surface area contributed by atoms with Crippen molar-refractivity contribution < 1.29 is 18.5 Å².